The number of carbonyl (C=O) groups excluding carboxylic acids is 1. The molecule has 7 heteroatoms. The Hall–Kier alpha value is -3.71. The fraction of sp³-hybridized carbons (Fsp3) is 0.269. The number of hydrogen-bond donors (Lipinski definition) is 2. The molecule has 7 nitrogen and oxygen atoms in total. The molecule has 168 valence electrons. The molecule has 0 saturated carbocycles. The van der Waals surface area contributed by atoms with Gasteiger partial charge in [0.05, 0.1) is 17.3 Å². The quantitative estimate of drug-likeness (QED) is 0.461. The molecule has 0 unspecified atom stereocenters. The summed E-state index contributed by atoms with van der Waals surface area (Å²) in [5.41, 5.74) is 11.1. The van der Waals surface area contributed by atoms with Crippen LogP contribution in [0.5, 0.6) is 0 Å². The van der Waals surface area contributed by atoms with Crippen molar-refractivity contribution in [1.29, 1.82) is 0 Å². The van der Waals surface area contributed by atoms with Crippen LogP contribution in [0.3, 0.4) is 0 Å². The summed E-state index contributed by atoms with van der Waals surface area (Å²) in [5, 5.41) is 4.34. The molecule has 33 heavy (non-hydrogen) atoms. The minimum absolute atomic E-state index is 0.0731. The van der Waals surface area contributed by atoms with E-state index in [0.29, 0.717) is 18.1 Å². The molecule has 0 radical (unpaired) electrons. The van der Waals surface area contributed by atoms with Crippen molar-refractivity contribution in [1.82, 2.24) is 14.5 Å². The van der Waals surface area contributed by atoms with E-state index in [-0.39, 0.29) is 6.10 Å². The molecule has 4 aromatic rings. The third-order valence-corrected chi connectivity index (χ3v) is 6.31. The predicted octanol–water partition coefficient (Wildman–Crippen LogP) is 4.46. The zero-order valence-electron chi connectivity index (χ0n) is 18.8. The summed E-state index contributed by atoms with van der Waals surface area (Å²) >= 11 is 0. The van der Waals surface area contributed by atoms with Crippen molar-refractivity contribution in [2.45, 2.75) is 38.8 Å². The highest BCUT2D eigenvalue weighted by Crippen LogP contribution is 2.36. The van der Waals surface area contributed by atoms with Gasteiger partial charge in [0.25, 0.3) is 0 Å². The zero-order chi connectivity index (χ0) is 22.9. The van der Waals surface area contributed by atoms with Crippen molar-refractivity contribution < 1.29 is 9.53 Å². The van der Waals surface area contributed by atoms with E-state index in [4.69, 9.17) is 20.4 Å². The van der Waals surface area contributed by atoms with Gasteiger partial charge in [-0.25, -0.2) is 4.98 Å². The lowest BCUT2D eigenvalue weighted by Crippen LogP contribution is -2.20. The Morgan fingerprint density at radius 2 is 2.00 bits per heavy atom. The van der Waals surface area contributed by atoms with Gasteiger partial charge >= 0.3 is 0 Å². The highest BCUT2D eigenvalue weighted by molar-refractivity contribution is 6.06. The first kappa shape index (κ1) is 21.2. The molecule has 1 atom stereocenters. The smallest absolute Gasteiger partial charge is 0.249 e. The second-order valence-corrected chi connectivity index (χ2v) is 8.42. The largest absolute Gasteiger partial charge is 0.375 e. The second kappa shape index (κ2) is 8.67. The number of aromatic nitrogens is 3. The number of anilines is 1. The lowest BCUT2D eigenvalue weighted by atomic mass is 9.93. The number of nitrogens with one attached hydrogen (secondary N) is 1. The number of rotatable bonds is 6. The van der Waals surface area contributed by atoms with Crippen LogP contribution in [-0.2, 0) is 17.7 Å². The van der Waals surface area contributed by atoms with Gasteiger partial charge in [-0.05, 0) is 49.9 Å². The van der Waals surface area contributed by atoms with Crippen LogP contribution >= 0.6 is 0 Å². The SMILES string of the molecule is CO[C@@H]1CCCc2c(NCc3ccccc3)nc(-n3c(C)cc4c(C(N)=O)cccc43)nc21. The number of ether oxygens (including phenoxy) is 1. The maximum Gasteiger partial charge on any atom is 0.249 e. The van der Waals surface area contributed by atoms with E-state index in [1.54, 1.807) is 13.2 Å². The van der Waals surface area contributed by atoms with E-state index in [2.05, 4.69) is 17.4 Å². The van der Waals surface area contributed by atoms with Crippen molar-refractivity contribution in [2.75, 3.05) is 12.4 Å². The molecule has 0 aliphatic heterocycles. The molecule has 0 spiro atoms. The molecular formula is C26H27N5O2. The minimum atomic E-state index is -0.450. The average molecular weight is 442 g/mol. The minimum Gasteiger partial charge on any atom is -0.375 e. The Labute approximate surface area is 192 Å². The number of aryl methyl sites for hydroxylation is 1. The summed E-state index contributed by atoms with van der Waals surface area (Å²) in [7, 11) is 1.73. The van der Waals surface area contributed by atoms with Crippen LogP contribution in [-0.4, -0.2) is 27.6 Å². The van der Waals surface area contributed by atoms with Crippen LogP contribution in [0.4, 0.5) is 5.82 Å². The summed E-state index contributed by atoms with van der Waals surface area (Å²) in [4.78, 5) is 21.9. The summed E-state index contributed by atoms with van der Waals surface area (Å²) in [6, 6.07) is 17.8. The van der Waals surface area contributed by atoms with Gasteiger partial charge in [-0.15, -0.1) is 0 Å². The topological polar surface area (TPSA) is 95.1 Å². The molecule has 1 aliphatic rings. The standard InChI is InChI=1S/C26H27N5O2/c1-16-14-20-18(24(27)32)10-6-12-21(20)31(16)26-29-23-19(11-7-13-22(23)33-2)25(30-26)28-15-17-8-4-3-5-9-17/h3-6,8-10,12,14,22H,7,11,13,15H2,1-2H3,(H2,27,32)(H,28,29,30)/t22-/m1/s1. The molecule has 0 bridgehead atoms. The Bertz CT molecular complexity index is 1330. The molecular weight excluding hydrogens is 414 g/mol. The van der Waals surface area contributed by atoms with Crippen LogP contribution in [0.1, 0.15) is 51.8 Å². The van der Waals surface area contributed by atoms with Crippen LogP contribution in [0.2, 0.25) is 0 Å². The van der Waals surface area contributed by atoms with Crippen LogP contribution in [0.25, 0.3) is 16.9 Å². The number of nitrogens with zero attached hydrogens (tertiary/aromatic N) is 3. The van der Waals surface area contributed by atoms with E-state index in [1.807, 2.05) is 47.9 Å². The molecule has 0 saturated heterocycles. The van der Waals surface area contributed by atoms with Gasteiger partial charge in [0.15, 0.2) is 0 Å². The molecule has 5 rings (SSSR count). The highest BCUT2D eigenvalue weighted by atomic mass is 16.5. The second-order valence-electron chi connectivity index (χ2n) is 8.42. The van der Waals surface area contributed by atoms with Crippen molar-refractivity contribution in [3.8, 4) is 5.95 Å². The maximum absolute atomic E-state index is 12.0. The summed E-state index contributed by atoms with van der Waals surface area (Å²) in [6.45, 7) is 2.65. The lowest BCUT2D eigenvalue weighted by molar-refractivity contribution is 0.0842. The molecule has 1 aliphatic carbocycles. The van der Waals surface area contributed by atoms with E-state index in [0.717, 1.165) is 52.9 Å². The first-order chi connectivity index (χ1) is 16.1. The third-order valence-electron chi connectivity index (χ3n) is 6.31. The van der Waals surface area contributed by atoms with E-state index in [9.17, 15) is 4.79 Å². The van der Waals surface area contributed by atoms with E-state index in [1.165, 1.54) is 5.56 Å². The van der Waals surface area contributed by atoms with Crippen LogP contribution in [0.15, 0.2) is 54.6 Å². The average Bonchev–Trinajstić information content (AvgIpc) is 3.18. The number of methoxy groups -OCH3 is 1. The van der Waals surface area contributed by atoms with Crippen molar-refractivity contribution in [3.05, 3.63) is 82.7 Å². The Balaban J connectivity index is 1.66. The fourth-order valence-corrected chi connectivity index (χ4v) is 4.70. The van der Waals surface area contributed by atoms with Gasteiger partial charge in [-0.1, -0.05) is 36.4 Å². The summed E-state index contributed by atoms with van der Waals surface area (Å²) < 4.78 is 7.77. The Morgan fingerprint density at radius 1 is 1.18 bits per heavy atom. The van der Waals surface area contributed by atoms with Gasteiger partial charge in [0, 0.05) is 35.9 Å². The number of amides is 1. The Morgan fingerprint density at radius 3 is 2.76 bits per heavy atom. The normalized spacial score (nSPS) is 15.4. The van der Waals surface area contributed by atoms with Crippen molar-refractivity contribution in [3.63, 3.8) is 0 Å². The van der Waals surface area contributed by atoms with Crippen molar-refractivity contribution in [2.24, 2.45) is 5.73 Å². The van der Waals surface area contributed by atoms with Crippen LogP contribution in [0, 0.1) is 6.92 Å². The number of hydrogen-bond acceptors (Lipinski definition) is 5. The predicted molar refractivity (Wildman–Crippen MR) is 129 cm³/mol. The Kier molecular flexibility index (Phi) is 5.56. The number of carbonyl (C=O) groups is 1. The first-order valence-corrected chi connectivity index (χ1v) is 11.2. The van der Waals surface area contributed by atoms with Gasteiger partial charge in [0.2, 0.25) is 11.9 Å². The van der Waals surface area contributed by atoms with Gasteiger partial charge in [-0.2, -0.15) is 4.98 Å². The summed E-state index contributed by atoms with van der Waals surface area (Å²) in [5.74, 6) is 0.934. The molecule has 0 fully saturated rings. The lowest BCUT2D eigenvalue weighted by Gasteiger charge is -2.26. The summed E-state index contributed by atoms with van der Waals surface area (Å²) in [6.07, 6.45) is 2.79. The van der Waals surface area contributed by atoms with Crippen LogP contribution < -0.4 is 11.1 Å². The molecule has 2 aromatic heterocycles. The monoisotopic (exact) mass is 441 g/mol. The van der Waals surface area contributed by atoms with E-state index >= 15 is 0 Å². The van der Waals surface area contributed by atoms with Gasteiger partial charge in [-0.3, -0.25) is 9.36 Å². The number of benzene rings is 2. The number of fused-ring (bicyclic) bond motifs is 2. The third kappa shape index (κ3) is 3.85. The van der Waals surface area contributed by atoms with E-state index < -0.39 is 5.91 Å². The molecule has 2 aromatic carbocycles. The van der Waals surface area contributed by atoms with Gasteiger partial charge < -0.3 is 15.8 Å². The molecule has 3 N–H and O–H groups in total. The fourth-order valence-electron chi connectivity index (χ4n) is 4.70. The molecule has 1 amide bonds. The number of nitrogens with two attached hydrogens (primary N) is 1. The maximum atomic E-state index is 12.0. The first-order valence-electron chi connectivity index (χ1n) is 11.2. The van der Waals surface area contributed by atoms with Crippen molar-refractivity contribution >= 4 is 22.6 Å². The molecule has 2 heterocycles. The highest BCUT2D eigenvalue weighted by Gasteiger charge is 2.27. The number of primary amides is 1. The zero-order valence-corrected chi connectivity index (χ0v) is 18.8. The van der Waals surface area contributed by atoms with Gasteiger partial charge in [0.1, 0.15) is 5.82 Å².